The molecule has 2 amide bonds. The summed E-state index contributed by atoms with van der Waals surface area (Å²) in [5.41, 5.74) is 1.35. The van der Waals surface area contributed by atoms with Crippen molar-refractivity contribution < 1.29 is 22.8 Å². The Morgan fingerprint density at radius 1 is 0.825 bits per heavy atom. The van der Waals surface area contributed by atoms with E-state index < -0.39 is 29.2 Å². The lowest BCUT2D eigenvalue weighted by atomic mass is 10.1. The molecule has 0 saturated heterocycles. The first-order valence-corrected chi connectivity index (χ1v) is 11.9. The molecule has 5 rings (SSSR count). The van der Waals surface area contributed by atoms with Crippen LogP contribution in [0.4, 0.5) is 24.5 Å². The molecule has 0 fully saturated rings. The van der Waals surface area contributed by atoms with Crippen LogP contribution in [0.3, 0.4) is 0 Å². The number of pyridine rings is 1. The zero-order valence-electron chi connectivity index (χ0n) is 20.6. The van der Waals surface area contributed by atoms with Gasteiger partial charge in [-0.25, -0.2) is 4.79 Å². The summed E-state index contributed by atoms with van der Waals surface area (Å²) in [6, 6.07) is 18.8. The SMILES string of the molecule is C=CC(=O)Nc1cccc(-n2c(=O)n(-c3ccc(C(=O)Nc4cccc(C(F)(F)F)c4)cc3)c3cnccc32)c1. The van der Waals surface area contributed by atoms with Gasteiger partial charge in [0.25, 0.3) is 5.91 Å². The summed E-state index contributed by atoms with van der Waals surface area (Å²) in [5.74, 6) is -1.01. The van der Waals surface area contributed by atoms with Gasteiger partial charge in [0, 0.05) is 23.1 Å². The van der Waals surface area contributed by atoms with Crippen LogP contribution in [0.5, 0.6) is 0 Å². The Labute approximate surface area is 225 Å². The highest BCUT2D eigenvalue weighted by Gasteiger charge is 2.30. The maximum Gasteiger partial charge on any atom is 0.416 e. The molecule has 0 spiro atoms. The highest BCUT2D eigenvalue weighted by atomic mass is 19.4. The molecule has 0 aliphatic heterocycles. The first-order chi connectivity index (χ1) is 19.2. The van der Waals surface area contributed by atoms with Crippen LogP contribution in [0.2, 0.25) is 0 Å². The largest absolute Gasteiger partial charge is 0.416 e. The van der Waals surface area contributed by atoms with Crippen molar-refractivity contribution in [1.29, 1.82) is 0 Å². The normalized spacial score (nSPS) is 11.3. The van der Waals surface area contributed by atoms with Crippen molar-refractivity contribution in [3.8, 4) is 11.4 Å². The number of carbonyl (C=O) groups excluding carboxylic acids is 2. The molecule has 2 heterocycles. The minimum absolute atomic E-state index is 0.000719. The molecule has 0 atom stereocenters. The van der Waals surface area contributed by atoms with E-state index in [2.05, 4.69) is 22.2 Å². The molecule has 0 aliphatic carbocycles. The number of aromatic nitrogens is 3. The summed E-state index contributed by atoms with van der Waals surface area (Å²) in [7, 11) is 0. The van der Waals surface area contributed by atoms with Gasteiger partial charge in [-0.3, -0.25) is 23.7 Å². The third-order valence-corrected chi connectivity index (χ3v) is 6.03. The molecule has 0 unspecified atom stereocenters. The molecule has 200 valence electrons. The van der Waals surface area contributed by atoms with Crippen molar-refractivity contribution in [3.05, 3.63) is 126 Å². The summed E-state index contributed by atoms with van der Waals surface area (Å²) in [6.07, 6.45) is -0.317. The van der Waals surface area contributed by atoms with Gasteiger partial charge in [-0.2, -0.15) is 13.2 Å². The van der Waals surface area contributed by atoms with E-state index in [1.165, 1.54) is 39.6 Å². The number of carbonyl (C=O) groups is 2. The van der Waals surface area contributed by atoms with Crippen molar-refractivity contribution in [2.24, 2.45) is 0 Å². The minimum atomic E-state index is -4.54. The van der Waals surface area contributed by atoms with Crippen LogP contribution in [-0.2, 0) is 11.0 Å². The van der Waals surface area contributed by atoms with Gasteiger partial charge in [-0.05, 0) is 72.8 Å². The first-order valence-electron chi connectivity index (χ1n) is 11.9. The van der Waals surface area contributed by atoms with E-state index >= 15 is 0 Å². The first kappa shape index (κ1) is 26.2. The number of amides is 2. The quantitative estimate of drug-likeness (QED) is 0.274. The zero-order valence-corrected chi connectivity index (χ0v) is 20.6. The van der Waals surface area contributed by atoms with E-state index in [0.717, 1.165) is 18.2 Å². The highest BCUT2D eigenvalue weighted by molar-refractivity contribution is 6.04. The Hall–Kier alpha value is -5.45. The van der Waals surface area contributed by atoms with Crippen LogP contribution in [0.1, 0.15) is 15.9 Å². The van der Waals surface area contributed by atoms with Gasteiger partial charge < -0.3 is 10.6 Å². The second kappa shape index (κ2) is 10.4. The number of nitrogens with one attached hydrogen (secondary N) is 2. The lowest BCUT2D eigenvalue weighted by molar-refractivity contribution is -0.137. The molecule has 5 aromatic rings. The van der Waals surface area contributed by atoms with Crippen LogP contribution in [0, 0.1) is 0 Å². The van der Waals surface area contributed by atoms with Crippen molar-refractivity contribution in [1.82, 2.24) is 14.1 Å². The summed E-state index contributed by atoms with van der Waals surface area (Å²) in [5, 5.41) is 5.13. The van der Waals surface area contributed by atoms with Gasteiger partial charge >= 0.3 is 11.9 Å². The lowest BCUT2D eigenvalue weighted by Gasteiger charge is -2.10. The smallest absolute Gasteiger partial charge is 0.322 e. The van der Waals surface area contributed by atoms with Gasteiger partial charge in [-0.1, -0.05) is 18.7 Å². The number of anilines is 2. The van der Waals surface area contributed by atoms with Gasteiger partial charge in [0.1, 0.15) is 0 Å². The van der Waals surface area contributed by atoms with Crippen LogP contribution < -0.4 is 16.3 Å². The van der Waals surface area contributed by atoms with E-state index in [1.807, 2.05) is 0 Å². The van der Waals surface area contributed by atoms with E-state index in [1.54, 1.807) is 48.7 Å². The topological polar surface area (TPSA) is 98.0 Å². The molecule has 40 heavy (non-hydrogen) atoms. The summed E-state index contributed by atoms with van der Waals surface area (Å²) in [4.78, 5) is 42.3. The van der Waals surface area contributed by atoms with E-state index in [9.17, 15) is 27.6 Å². The van der Waals surface area contributed by atoms with Crippen LogP contribution >= 0.6 is 0 Å². The van der Waals surface area contributed by atoms with Crippen molar-refractivity contribution in [2.45, 2.75) is 6.18 Å². The summed E-state index contributed by atoms with van der Waals surface area (Å²) in [6.45, 7) is 3.44. The number of benzene rings is 3. The van der Waals surface area contributed by atoms with Gasteiger partial charge in [0.2, 0.25) is 5.91 Å². The van der Waals surface area contributed by atoms with Crippen LogP contribution in [-0.4, -0.2) is 25.9 Å². The monoisotopic (exact) mass is 543 g/mol. The molecular weight excluding hydrogens is 523 g/mol. The molecule has 0 radical (unpaired) electrons. The number of halogens is 3. The Bertz CT molecular complexity index is 1820. The summed E-state index contributed by atoms with van der Waals surface area (Å²) >= 11 is 0. The fourth-order valence-electron chi connectivity index (χ4n) is 4.20. The van der Waals surface area contributed by atoms with Crippen LogP contribution in [0.25, 0.3) is 22.4 Å². The third kappa shape index (κ3) is 5.12. The fraction of sp³-hybridized carbons (Fsp3) is 0.0345. The second-order valence-electron chi connectivity index (χ2n) is 8.64. The number of fused-ring (bicyclic) bond motifs is 1. The lowest BCUT2D eigenvalue weighted by Crippen LogP contribution is -2.22. The molecule has 11 heteroatoms. The average Bonchev–Trinajstić information content (AvgIpc) is 3.24. The molecule has 0 saturated carbocycles. The van der Waals surface area contributed by atoms with E-state index in [4.69, 9.17) is 0 Å². The maximum absolute atomic E-state index is 13.7. The number of imidazole rings is 1. The third-order valence-electron chi connectivity index (χ3n) is 6.03. The molecule has 3 aromatic carbocycles. The predicted octanol–water partition coefficient (Wildman–Crippen LogP) is 5.57. The zero-order chi connectivity index (χ0) is 28.4. The highest BCUT2D eigenvalue weighted by Crippen LogP contribution is 2.31. The molecule has 2 N–H and O–H groups in total. The van der Waals surface area contributed by atoms with Crippen LogP contribution in [0.15, 0.2) is 109 Å². The Kier molecular flexibility index (Phi) is 6.78. The van der Waals surface area contributed by atoms with Gasteiger partial charge in [0.05, 0.1) is 34.2 Å². The van der Waals surface area contributed by atoms with Crippen molar-refractivity contribution in [3.63, 3.8) is 0 Å². The predicted molar refractivity (Wildman–Crippen MR) is 145 cm³/mol. The Morgan fingerprint density at radius 2 is 1.50 bits per heavy atom. The van der Waals surface area contributed by atoms with Gasteiger partial charge in [0.15, 0.2) is 0 Å². The fourth-order valence-corrected chi connectivity index (χ4v) is 4.20. The van der Waals surface area contributed by atoms with Crippen molar-refractivity contribution in [2.75, 3.05) is 10.6 Å². The molecule has 0 bridgehead atoms. The molecule has 8 nitrogen and oxygen atoms in total. The van der Waals surface area contributed by atoms with Crippen molar-refractivity contribution >= 4 is 34.2 Å². The average molecular weight is 544 g/mol. The maximum atomic E-state index is 13.7. The number of rotatable bonds is 6. The van der Waals surface area contributed by atoms with E-state index in [-0.39, 0.29) is 11.3 Å². The second-order valence-corrected chi connectivity index (χ2v) is 8.64. The number of alkyl halides is 3. The standard InChI is InChI=1S/C29H20F3N5O3/c1-2-26(38)34-21-7-4-8-23(16-21)37-24-13-14-33-17-25(24)36(28(37)40)22-11-9-18(10-12-22)27(39)35-20-6-3-5-19(15-20)29(30,31)32/h2-17H,1H2,(H,34,38)(H,35,39). The number of nitrogens with zero attached hydrogens (tertiary/aromatic N) is 3. The minimum Gasteiger partial charge on any atom is -0.322 e. The number of hydrogen-bond donors (Lipinski definition) is 2. The Balaban J connectivity index is 1.48. The molecule has 2 aromatic heterocycles. The molecular formula is C29H20F3N5O3. The number of hydrogen-bond acceptors (Lipinski definition) is 4. The van der Waals surface area contributed by atoms with E-state index in [0.29, 0.717) is 28.1 Å². The Morgan fingerprint density at radius 3 is 2.20 bits per heavy atom. The molecule has 0 aliphatic rings. The summed E-state index contributed by atoms with van der Waals surface area (Å²) < 4.78 is 41.9. The van der Waals surface area contributed by atoms with Gasteiger partial charge in [-0.15, -0.1) is 0 Å².